The van der Waals surface area contributed by atoms with Crippen molar-refractivity contribution >= 4 is 5.91 Å². The molecule has 0 N–H and O–H groups in total. The second kappa shape index (κ2) is 6.93. The maximum Gasteiger partial charge on any atom is 0.272 e. The largest absolute Gasteiger partial charge is 0.336 e. The number of amides is 1. The Morgan fingerprint density at radius 2 is 2.26 bits per heavy atom. The normalized spacial score (nSPS) is 10.5. The van der Waals surface area contributed by atoms with Gasteiger partial charge in [0, 0.05) is 19.6 Å². The fourth-order valence-electron chi connectivity index (χ4n) is 2.02. The Morgan fingerprint density at radius 1 is 1.58 bits per heavy atom. The van der Waals surface area contributed by atoms with Gasteiger partial charge in [-0.3, -0.25) is 9.48 Å². The third-order valence-electron chi connectivity index (χ3n) is 2.79. The molecule has 0 aliphatic carbocycles. The van der Waals surface area contributed by atoms with Gasteiger partial charge in [-0.25, -0.2) is 0 Å². The first-order valence-electron chi connectivity index (χ1n) is 6.70. The van der Waals surface area contributed by atoms with Gasteiger partial charge < -0.3 is 4.90 Å². The SMILES string of the molecule is CCn1nc(C)cc1C(=O)N(CCC#N)CC(C)C. The van der Waals surface area contributed by atoms with Gasteiger partial charge >= 0.3 is 0 Å². The molecule has 0 aliphatic heterocycles. The van der Waals surface area contributed by atoms with Crippen LogP contribution in [0.1, 0.15) is 43.4 Å². The number of nitrogens with zero attached hydrogens (tertiary/aromatic N) is 4. The topological polar surface area (TPSA) is 61.9 Å². The predicted molar refractivity (Wildman–Crippen MR) is 73.6 cm³/mol. The van der Waals surface area contributed by atoms with Crippen LogP contribution in [0.5, 0.6) is 0 Å². The van der Waals surface area contributed by atoms with Crippen LogP contribution in [0.3, 0.4) is 0 Å². The highest BCUT2D eigenvalue weighted by molar-refractivity contribution is 5.92. The molecule has 0 bridgehead atoms. The quantitative estimate of drug-likeness (QED) is 0.789. The van der Waals surface area contributed by atoms with Gasteiger partial charge in [-0.15, -0.1) is 0 Å². The molecule has 0 aromatic carbocycles. The number of carbonyl (C=O) groups is 1. The molecule has 0 unspecified atom stereocenters. The molecule has 0 spiro atoms. The Balaban J connectivity index is 2.94. The molecule has 1 aromatic heterocycles. The maximum atomic E-state index is 12.5. The molecule has 5 nitrogen and oxygen atoms in total. The second-order valence-corrected chi connectivity index (χ2v) is 5.04. The Morgan fingerprint density at radius 3 is 2.79 bits per heavy atom. The lowest BCUT2D eigenvalue weighted by atomic mass is 10.2. The lowest BCUT2D eigenvalue weighted by molar-refractivity contribution is 0.0727. The Bertz CT molecular complexity index is 470. The zero-order valence-electron chi connectivity index (χ0n) is 12.2. The van der Waals surface area contributed by atoms with Crippen molar-refractivity contribution in [2.45, 2.75) is 40.7 Å². The van der Waals surface area contributed by atoms with Crippen molar-refractivity contribution in [3.63, 3.8) is 0 Å². The molecule has 0 fully saturated rings. The minimum atomic E-state index is -0.0357. The van der Waals surface area contributed by atoms with Crippen LogP contribution in [0, 0.1) is 24.2 Å². The highest BCUT2D eigenvalue weighted by Gasteiger charge is 2.20. The molecule has 0 aliphatic rings. The summed E-state index contributed by atoms with van der Waals surface area (Å²) in [6.07, 6.45) is 0.359. The second-order valence-electron chi connectivity index (χ2n) is 5.04. The van der Waals surface area contributed by atoms with E-state index in [1.165, 1.54) is 0 Å². The number of hydrogen-bond donors (Lipinski definition) is 0. The first-order chi connectivity index (χ1) is 8.99. The van der Waals surface area contributed by atoms with Crippen LogP contribution in [0.4, 0.5) is 0 Å². The third-order valence-corrected chi connectivity index (χ3v) is 2.79. The number of hydrogen-bond acceptors (Lipinski definition) is 3. The van der Waals surface area contributed by atoms with E-state index in [-0.39, 0.29) is 5.91 Å². The van der Waals surface area contributed by atoms with Crippen LogP contribution < -0.4 is 0 Å². The molecule has 1 rings (SSSR count). The number of rotatable bonds is 6. The monoisotopic (exact) mass is 262 g/mol. The summed E-state index contributed by atoms with van der Waals surface area (Å²) < 4.78 is 1.72. The van der Waals surface area contributed by atoms with Crippen LogP contribution in [0.2, 0.25) is 0 Å². The highest BCUT2D eigenvalue weighted by Crippen LogP contribution is 2.10. The smallest absolute Gasteiger partial charge is 0.272 e. The molecule has 1 aromatic rings. The minimum absolute atomic E-state index is 0.0357. The van der Waals surface area contributed by atoms with Crippen LogP contribution >= 0.6 is 0 Å². The summed E-state index contributed by atoms with van der Waals surface area (Å²) in [4.78, 5) is 14.3. The fourth-order valence-corrected chi connectivity index (χ4v) is 2.02. The van der Waals surface area contributed by atoms with E-state index in [2.05, 4.69) is 25.0 Å². The molecular weight excluding hydrogens is 240 g/mol. The van der Waals surface area contributed by atoms with E-state index < -0.39 is 0 Å². The standard InChI is InChI=1S/C14H22N4O/c1-5-18-13(9-12(4)16-18)14(19)17(8-6-7-15)10-11(2)3/h9,11H,5-6,8,10H2,1-4H3. The van der Waals surface area contributed by atoms with Crippen molar-refractivity contribution in [1.82, 2.24) is 14.7 Å². The van der Waals surface area contributed by atoms with Crippen molar-refractivity contribution < 1.29 is 4.79 Å². The lowest BCUT2D eigenvalue weighted by Gasteiger charge is -2.23. The van der Waals surface area contributed by atoms with E-state index in [1.807, 2.05) is 19.9 Å². The third kappa shape index (κ3) is 4.09. The predicted octanol–water partition coefficient (Wildman–Crippen LogP) is 2.22. The van der Waals surface area contributed by atoms with Crippen molar-refractivity contribution in [2.75, 3.05) is 13.1 Å². The van der Waals surface area contributed by atoms with Gasteiger partial charge in [0.15, 0.2) is 0 Å². The summed E-state index contributed by atoms with van der Waals surface area (Å²) in [6, 6.07) is 3.91. The van der Waals surface area contributed by atoms with E-state index in [4.69, 9.17) is 5.26 Å². The Hall–Kier alpha value is -1.83. The van der Waals surface area contributed by atoms with Gasteiger partial charge in [-0.05, 0) is 25.8 Å². The van der Waals surface area contributed by atoms with Crippen molar-refractivity contribution in [3.8, 4) is 6.07 Å². The number of aryl methyl sites for hydroxylation is 2. The van der Waals surface area contributed by atoms with Crippen molar-refractivity contribution in [3.05, 3.63) is 17.5 Å². The number of carbonyl (C=O) groups excluding carboxylic acids is 1. The summed E-state index contributed by atoms with van der Waals surface area (Å²) >= 11 is 0. The summed E-state index contributed by atoms with van der Waals surface area (Å²) in [5, 5.41) is 13.0. The van der Waals surface area contributed by atoms with E-state index in [0.717, 1.165) is 5.69 Å². The van der Waals surface area contributed by atoms with Gasteiger partial charge in [-0.2, -0.15) is 10.4 Å². The summed E-state index contributed by atoms with van der Waals surface area (Å²) in [6.45, 7) is 9.78. The molecule has 1 heterocycles. The van der Waals surface area contributed by atoms with Gasteiger partial charge in [0.1, 0.15) is 5.69 Å². The molecule has 19 heavy (non-hydrogen) atoms. The molecule has 0 saturated heterocycles. The molecule has 0 radical (unpaired) electrons. The molecular formula is C14H22N4O. The van der Waals surface area contributed by atoms with Gasteiger partial charge in [0.25, 0.3) is 5.91 Å². The molecule has 104 valence electrons. The molecule has 1 amide bonds. The zero-order chi connectivity index (χ0) is 14.4. The van der Waals surface area contributed by atoms with Crippen LogP contribution in [-0.4, -0.2) is 33.7 Å². The van der Waals surface area contributed by atoms with Gasteiger partial charge in [0.05, 0.1) is 18.2 Å². The van der Waals surface area contributed by atoms with Gasteiger partial charge in [-0.1, -0.05) is 13.8 Å². The van der Waals surface area contributed by atoms with E-state index >= 15 is 0 Å². The average Bonchev–Trinajstić information content (AvgIpc) is 2.74. The molecule has 0 atom stereocenters. The maximum absolute atomic E-state index is 12.5. The number of nitriles is 1. The van der Waals surface area contributed by atoms with E-state index in [1.54, 1.807) is 9.58 Å². The van der Waals surface area contributed by atoms with Crippen LogP contribution in [0.15, 0.2) is 6.07 Å². The lowest BCUT2D eigenvalue weighted by Crippen LogP contribution is -2.36. The zero-order valence-corrected chi connectivity index (χ0v) is 12.2. The minimum Gasteiger partial charge on any atom is -0.336 e. The Kier molecular flexibility index (Phi) is 5.56. The first-order valence-corrected chi connectivity index (χ1v) is 6.70. The first kappa shape index (κ1) is 15.2. The summed E-state index contributed by atoms with van der Waals surface area (Å²) in [7, 11) is 0. The van der Waals surface area contributed by atoms with E-state index in [9.17, 15) is 4.79 Å². The fraction of sp³-hybridized carbons (Fsp3) is 0.643. The number of aromatic nitrogens is 2. The highest BCUT2D eigenvalue weighted by atomic mass is 16.2. The summed E-state index contributed by atoms with van der Waals surface area (Å²) in [5.41, 5.74) is 1.45. The van der Waals surface area contributed by atoms with Crippen LogP contribution in [0.25, 0.3) is 0 Å². The van der Waals surface area contributed by atoms with Crippen molar-refractivity contribution in [1.29, 1.82) is 5.26 Å². The average molecular weight is 262 g/mol. The molecule has 5 heteroatoms. The summed E-state index contributed by atoms with van der Waals surface area (Å²) in [5.74, 6) is 0.341. The Labute approximate surface area is 114 Å². The molecule has 0 saturated carbocycles. The van der Waals surface area contributed by atoms with E-state index in [0.29, 0.717) is 37.7 Å². The van der Waals surface area contributed by atoms with Crippen molar-refractivity contribution in [2.24, 2.45) is 5.92 Å². The van der Waals surface area contributed by atoms with Crippen LogP contribution in [-0.2, 0) is 6.54 Å². The van der Waals surface area contributed by atoms with Gasteiger partial charge in [0.2, 0.25) is 0 Å².